The van der Waals surface area contributed by atoms with Gasteiger partial charge in [0.05, 0.1) is 5.02 Å². The van der Waals surface area contributed by atoms with Crippen LogP contribution >= 0.6 is 11.6 Å². The summed E-state index contributed by atoms with van der Waals surface area (Å²) in [5, 5.41) is 3.68. The van der Waals surface area contributed by atoms with Crippen LogP contribution in [0.3, 0.4) is 0 Å². The van der Waals surface area contributed by atoms with Crippen LogP contribution in [-0.2, 0) is 4.79 Å². The first-order valence-electron chi connectivity index (χ1n) is 4.80. The number of nitrogens with one attached hydrogen (secondary N) is 1. The van der Waals surface area contributed by atoms with Gasteiger partial charge in [0.25, 0.3) is 0 Å². The van der Waals surface area contributed by atoms with E-state index in [2.05, 4.69) is 10.3 Å². The van der Waals surface area contributed by atoms with Gasteiger partial charge in [-0.05, 0) is 18.6 Å². The largest absolute Gasteiger partial charge is 0.358 e. The number of anilines is 1. The molecule has 0 aromatic carbocycles. The summed E-state index contributed by atoms with van der Waals surface area (Å²) in [6.07, 6.45) is 2.38. The van der Waals surface area contributed by atoms with E-state index >= 15 is 0 Å². The Morgan fingerprint density at radius 3 is 2.93 bits per heavy atom. The van der Waals surface area contributed by atoms with Crippen LogP contribution in [0.4, 0.5) is 5.82 Å². The molecule has 2 heterocycles. The zero-order chi connectivity index (χ0) is 10.8. The molecule has 0 saturated carbocycles. The highest BCUT2D eigenvalue weighted by Gasteiger charge is 2.28. The molecule has 5 heteroatoms. The number of hydrogen-bond donors (Lipinski definition) is 1. The molecule has 1 aliphatic rings. The highest BCUT2D eigenvalue weighted by Crippen LogP contribution is 2.15. The molecule has 15 heavy (non-hydrogen) atoms. The molecular weight excluding hydrogens is 214 g/mol. The van der Waals surface area contributed by atoms with E-state index in [4.69, 9.17) is 11.6 Å². The Morgan fingerprint density at radius 1 is 1.60 bits per heavy atom. The minimum Gasteiger partial charge on any atom is -0.358 e. The van der Waals surface area contributed by atoms with Crippen LogP contribution < -0.4 is 5.32 Å². The number of carbonyl (C=O) groups is 1. The zero-order valence-corrected chi connectivity index (χ0v) is 9.16. The normalized spacial score (nSPS) is 20.8. The third kappa shape index (κ3) is 2.21. The monoisotopic (exact) mass is 225 g/mol. The summed E-state index contributed by atoms with van der Waals surface area (Å²) < 4.78 is 0. The molecule has 1 aromatic rings. The van der Waals surface area contributed by atoms with Crippen molar-refractivity contribution in [1.29, 1.82) is 0 Å². The Labute approximate surface area is 93.2 Å². The number of aromatic nitrogens is 1. The van der Waals surface area contributed by atoms with E-state index in [1.807, 2.05) is 0 Å². The van der Waals surface area contributed by atoms with Crippen molar-refractivity contribution in [2.75, 3.05) is 18.9 Å². The predicted octanol–water partition coefficient (Wildman–Crippen LogP) is 1.38. The van der Waals surface area contributed by atoms with Crippen LogP contribution in [0.5, 0.6) is 0 Å². The number of likely N-dealkylation sites (tertiary alicyclic amines) is 1. The number of halogens is 1. The number of nitrogens with zero attached hydrogens (tertiary/aromatic N) is 2. The summed E-state index contributed by atoms with van der Waals surface area (Å²) in [4.78, 5) is 17.4. The highest BCUT2D eigenvalue weighted by atomic mass is 35.5. The lowest BCUT2D eigenvalue weighted by Crippen LogP contribution is -2.31. The third-order valence-electron chi connectivity index (χ3n) is 2.48. The lowest BCUT2D eigenvalue weighted by molar-refractivity contribution is -0.127. The van der Waals surface area contributed by atoms with Crippen LogP contribution in [0.1, 0.15) is 6.42 Å². The molecule has 0 bridgehead atoms. The van der Waals surface area contributed by atoms with Crippen molar-refractivity contribution in [3.8, 4) is 0 Å². The van der Waals surface area contributed by atoms with Gasteiger partial charge < -0.3 is 10.2 Å². The summed E-state index contributed by atoms with van der Waals surface area (Å²) in [6, 6.07) is 3.37. The maximum absolute atomic E-state index is 11.6. The van der Waals surface area contributed by atoms with E-state index in [0.29, 0.717) is 10.8 Å². The second-order valence-electron chi connectivity index (χ2n) is 3.61. The van der Waals surface area contributed by atoms with E-state index < -0.39 is 0 Å². The molecule has 1 aliphatic heterocycles. The van der Waals surface area contributed by atoms with E-state index in [-0.39, 0.29) is 11.9 Å². The molecule has 0 spiro atoms. The fraction of sp³-hybridized carbons (Fsp3) is 0.400. The van der Waals surface area contributed by atoms with E-state index in [0.717, 1.165) is 13.0 Å². The average Bonchev–Trinajstić information content (AvgIpc) is 2.53. The Balaban J connectivity index is 2.03. The van der Waals surface area contributed by atoms with Gasteiger partial charge in [-0.1, -0.05) is 11.6 Å². The van der Waals surface area contributed by atoms with Gasteiger partial charge in [0.15, 0.2) is 0 Å². The molecular formula is C10H12ClN3O. The average molecular weight is 226 g/mol. The minimum absolute atomic E-state index is 0.117. The summed E-state index contributed by atoms with van der Waals surface area (Å²) in [6.45, 7) is 0.796. The van der Waals surface area contributed by atoms with Gasteiger partial charge in [0.1, 0.15) is 11.9 Å². The van der Waals surface area contributed by atoms with Crippen molar-refractivity contribution in [3.63, 3.8) is 0 Å². The molecule has 1 aromatic heterocycles. The maximum atomic E-state index is 11.6. The van der Waals surface area contributed by atoms with Crippen molar-refractivity contribution >= 4 is 23.3 Å². The standard InChI is InChI=1S/C10H12ClN3O/c1-14-5-4-8(10(14)15)13-9-3-2-7(11)6-12-9/h2-3,6,8H,4-5H2,1H3,(H,12,13). The van der Waals surface area contributed by atoms with Crippen molar-refractivity contribution in [1.82, 2.24) is 9.88 Å². The fourth-order valence-corrected chi connectivity index (χ4v) is 1.71. The highest BCUT2D eigenvalue weighted by molar-refractivity contribution is 6.30. The van der Waals surface area contributed by atoms with E-state index in [1.54, 1.807) is 30.3 Å². The molecule has 0 aliphatic carbocycles. The van der Waals surface area contributed by atoms with Crippen LogP contribution in [0.2, 0.25) is 5.02 Å². The number of likely N-dealkylation sites (N-methyl/N-ethyl adjacent to an activating group) is 1. The molecule has 1 amide bonds. The molecule has 0 radical (unpaired) electrons. The molecule has 4 nitrogen and oxygen atoms in total. The molecule has 1 saturated heterocycles. The number of pyridine rings is 1. The number of amides is 1. The SMILES string of the molecule is CN1CCC(Nc2ccc(Cl)cn2)C1=O. The first-order valence-corrected chi connectivity index (χ1v) is 5.17. The summed E-state index contributed by atoms with van der Waals surface area (Å²) in [5.74, 6) is 0.805. The Kier molecular flexibility index (Phi) is 2.77. The van der Waals surface area contributed by atoms with E-state index in [9.17, 15) is 4.79 Å². The van der Waals surface area contributed by atoms with Crippen molar-refractivity contribution in [2.24, 2.45) is 0 Å². The summed E-state index contributed by atoms with van der Waals surface area (Å²) in [7, 11) is 1.80. The second-order valence-corrected chi connectivity index (χ2v) is 4.04. The van der Waals surface area contributed by atoms with Crippen LogP contribution in [-0.4, -0.2) is 35.4 Å². The summed E-state index contributed by atoms with van der Waals surface area (Å²) in [5.41, 5.74) is 0. The quantitative estimate of drug-likeness (QED) is 0.827. The van der Waals surface area contributed by atoms with Gasteiger partial charge in [-0.25, -0.2) is 4.98 Å². The van der Waals surface area contributed by atoms with Gasteiger partial charge >= 0.3 is 0 Å². The van der Waals surface area contributed by atoms with Gasteiger partial charge in [-0.3, -0.25) is 4.79 Å². The lowest BCUT2D eigenvalue weighted by Gasteiger charge is -2.12. The Morgan fingerprint density at radius 2 is 2.40 bits per heavy atom. The predicted molar refractivity (Wildman–Crippen MR) is 58.9 cm³/mol. The molecule has 1 atom stereocenters. The Bertz CT molecular complexity index is 365. The summed E-state index contributed by atoms with van der Waals surface area (Å²) >= 11 is 5.71. The van der Waals surface area contributed by atoms with Crippen molar-refractivity contribution < 1.29 is 4.79 Å². The van der Waals surface area contributed by atoms with Gasteiger partial charge in [0, 0.05) is 19.8 Å². The lowest BCUT2D eigenvalue weighted by atomic mass is 10.2. The number of rotatable bonds is 2. The van der Waals surface area contributed by atoms with Crippen LogP contribution in [0.15, 0.2) is 18.3 Å². The molecule has 2 rings (SSSR count). The van der Waals surface area contributed by atoms with Crippen LogP contribution in [0.25, 0.3) is 0 Å². The van der Waals surface area contributed by atoms with Crippen LogP contribution in [0, 0.1) is 0 Å². The molecule has 1 unspecified atom stereocenters. The smallest absolute Gasteiger partial charge is 0.244 e. The van der Waals surface area contributed by atoms with Crippen molar-refractivity contribution in [2.45, 2.75) is 12.5 Å². The third-order valence-corrected chi connectivity index (χ3v) is 2.70. The topological polar surface area (TPSA) is 45.2 Å². The van der Waals surface area contributed by atoms with Gasteiger partial charge in [-0.2, -0.15) is 0 Å². The maximum Gasteiger partial charge on any atom is 0.244 e. The second kappa shape index (κ2) is 4.06. The molecule has 1 N–H and O–H groups in total. The Hall–Kier alpha value is -1.29. The van der Waals surface area contributed by atoms with Crippen molar-refractivity contribution in [3.05, 3.63) is 23.4 Å². The van der Waals surface area contributed by atoms with E-state index in [1.165, 1.54) is 0 Å². The van der Waals surface area contributed by atoms with Gasteiger partial charge in [0.2, 0.25) is 5.91 Å². The first-order chi connectivity index (χ1) is 7.16. The first kappa shape index (κ1) is 10.2. The zero-order valence-electron chi connectivity index (χ0n) is 8.40. The molecule has 1 fully saturated rings. The van der Waals surface area contributed by atoms with Gasteiger partial charge in [-0.15, -0.1) is 0 Å². The minimum atomic E-state index is -0.149. The number of hydrogen-bond acceptors (Lipinski definition) is 3. The number of carbonyl (C=O) groups excluding carboxylic acids is 1. The fourth-order valence-electron chi connectivity index (χ4n) is 1.60. The molecule has 80 valence electrons.